The van der Waals surface area contributed by atoms with Crippen molar-refractivity contribution in [1.82, 2.24) is 30.2 Å². The molecule has 158 valence electrons. The fraction of sp³-hybridized carbons (Fsp3) is 0.500. The zero-order chi connectivity index (χ0) is 20.3. The van der Waals surface area contributed by atoms with Crippen LogP contribution in [0.25, 0.3) is 22.3 Å². The van der Waals surface area contributed by atoms with Gasteiger partial charge in [-0.15, -0.1) is 0 Å². The van der Waals surface area contributed by atoms with Crippen molar-refractivity contribution < 1.29 is 0 Å². The number of hydrogen-bond donors (Lipinski definition) is 3. The highest BCUT2D eigenvalue weighted by Gasteiger charge is 2.24. The first kappa shape index (κ1) is 19.7. The first-order valence-electron chi connectivity index (χ1n) is 10.9. The number of anilines is 1. The topological polar surface area (TPSA) is 81.8 Å². The fourth-order valence-electron chi connectivity index (χ4n) is 4.65. The zero-order valence-electron chi connectivity index (χ0n) is 17.1. The molecule has 3 aromatic heterocycles. The molecule has 0 amide bonds. The molecular weight excluding hydrogens is 398 g/mol. The maximum Gasteiger partial charge on any atom is 0.223 e. The van der Waals surface area contributed by atoms with Crippen LogP contribution in [0, 0.1) is 5.92 Å². The molecule has 3 N–H and O–H groups in total. The van der Waals surface area contributed by atoms with E-state index in [1.807, 2.05) is 18.3 Å². The number of H-pyrrole nitrogens is 1. The Morgan fingerprint density at radius 2 is 2.10 bits per heavy atom. The van der Waals surface area contributed by atoms with Crippen molar-refractivity contribution in [2.45, 2.75) is 31.7 Å². The van der Waals surface area contributed by atoms with Crippen LogP contribution >= 0.6 is 11.6 Å². The summed E-state index contributed by atoms with van der Waals surface area (Å²) in [7, 11) is 0. The fourth-order valence-corrected chi connectivity index (χ4v) is 4.84. The highest BCUT2D eigenvalue weighted by Crippen LogP contribution is 2.32. The third-order valence-corrected chi connectivity index (χ3v) is 6.64. The van der Waals surface area contributed by atoms with Crippen LogP contribution in [0.5, 0.6) is 0 Å². The molecule has 0 radical (unpaired) electrons. The number of rotatable bonds is 6. The molecule has 2 fully saturated rings. The van der Waals surface area contributed by atoms with Crippen LogP contribution in [0.2, 0.25) is 5.02 Å². The Balaban J connectivity index is 1.23. The molecule has 7 nitrogen and oxygen atoms in total. The minimum absolute atomic E-state index is 0.372. The number of halogens is 1. The van der Waals surface area contributed by atoms with Gasteiger partial charge in [-0.2, -0.15) is 0 Å². The van der Waals surface area contributed by atoms with Crippen molar-refractivity contribution in [3.63, 3.8) is 0 Å². The van der Waals surface area contributed by atoms with E-state index in [-0.39, 0.29) is 0 Å². The van der Waals surface area contributed by atoms with Gasteiger partial charge in [-0.05, 0) is 63.4 Å². The zero-order valence-corrected chi connectivity index (χ0v) is 17.8. The number of aromatic amines is 1. The van der Waals surface area contributed by atoms with Crippen LogP contribution in [-0.4, -0.2) is 63.6 Å². The lowest BCUT2D eigenvalue weighted by molar-refractivity contribution is 0.271. The Morgan fingerprint density at radius 1 is 1.20 bits per heavy atom. The summed E-state index contributed by atoms with van der Waals surface area (Å²) in [6.45, 7) is 5.73. The summed E-state index contributed by atoms with van der Waals surface area (Å²) in [5.41, 5.74) is 2.51. The number of hydrogen-bond acceptors (Lipinski definition) is 6. The van der Waals surface area contributed by atoms with E-state index in [0.29, 0.717) is 17.0 Å². The molecule has 1 atom stereocenters. The van der Waals surface area contributed by atoms with Gasteiger partial charge in [-0.1, -0.05) is 11.6 Å². The number of likely N-dealkylation sites (tertiary alicyclic amines) is 1. The van der Waals surface area contributed by atoms with Gasteiger partial charge in [-0.25, -0.2) is 15.0 Å². The average molecular weight is 426 g/mol. The second-order valence-electron chi connectivity index (χ2n) is 8.40. The summed E-state index contributed by atoms with van der Waals surface area (Å²) in [5, 5.41) is 8.53. The molecule has 0 aliphatic carbocycles. The van der Waals surface area contributed by atoms with Crippen LogP contribution in [-0.2, 0) is 0 Å². The number of fused-ring (bicyclic) bond motifs is 1. The van der Waals surface area contributed by atoms with Crippen LogP contribution < -0.4 is 10.6 Å². The summed E-state index contributed by atoms with van der Waals surface area (Å²) in [4.78, 5) is 19.3. The normalized spacial score (nSPS) is 20.8. The molecule has 3 aromatic rings. The first-order chi connectivity index (χ1) is 14.8. The Kier molecular flexibility index (Phi) is 5.84. The third-order valence-electron chi connectivity index (χ3n) is 6.37. The molecule has 8 heteroatoms. The molecular formula is C22H28ClN7. The number of nitrogens with one attached hydrogen (secondary N) is 3. The monoisotopic (exact) mass is 425 g/mol. The number of aromatic nitrogens is 4. The van der Waals surface area contributed by atoms with Crippen molar-refractivity contribution in [1.29, 1.82) is 0 Å². The van der Waals surface area contributed by atoms with Gasteiger partial charge < -0.3 is 20.5 Å². The van der Waals surface area contributed by atoms with Crippen molar-refractivity contribution in [3.05, 3.63) is 35.7 Å². The molecule has 1 unspecified atom stereocenters. The van der Waals surface area contributed by atoms with Gasteiger partial charge >= 0.3 is 0 Å². The summed E-state index contributed by atoms with van der Waals surface area (Å²) in [6.07, 6.45) is 10.4. The van der Waals surface area contributed by atoms with Crippen molar-refractivity contribution in [3.8, 4) is 11.3 Å². The second-order valence-corrected chi connectivity index (χ2v) is 8.81. The van der Waals surface area contributed by atoms with E-state index in [1.54, 1.807) is 12.4 Å². The van der Waals surface area contributed by atoms with Gasteiger partial charge in [0.2, 0.25) is 5.95 Å². The third kappa shape index (κ3) is 4.29. The lowest BCUT2D eigenvalue weighted by Gasteiger charge is -2.25. The average Bonchev–Trinajstić information content (AvgIpc) is 3.41. The predicted molar refractivity (Wildman–Crippen MR) is 121 cm³/mol. The van der Waals surface area contributed by atoms with E-state index in [4.69, 9.17) is 16.6 Å². The lowest BCUT2D eigenvalue weighted by Crippen LogP contribution is -2.32. The molecule has 2 aliphatic heterocycles. The van der Waals surface area contributed by atoms with E-state index in [0.717, 1.165) is 47.7 Å². The van der Waals surface area contributed by atoms with Crippen LogP contribution in [0.3, 0.4) is 0 Å². The second kappa shape index (κ2) is 8.88. The Bertz CT molecular complexity index is 998. The van der Waals surface area contributed by atoms with E-state index in [1.165, 1.54) is 38.9 Å². The quantitative estimate of drug-likeness (QED) is 0.560. The minimum atomic E-state index is 0.372. The Labute approximate surface area is 181 Å². The summed E-state index contributed by atoms with van der Waals surface area (Å²) < 4.78 is 0. The number of piperidine rings is 1. The molecule has 0 saturated carbocycles. The highest BCUT2D eigenvalue weighted by molar-refractivity contribution is 6.33. The maximum atomic E-state index is 6.44. The van der Waals surface area contributed by atoms with E-state index < -0.39 is 0 Å². The van der Waals surface area contributed by atoms with E-state index in [9.17, 15) is 0 Å². The standard InChI is InChI=1S/C22H28ClN7/c23-19-13-27-22(29-20(19)18-12-26-21-17(18)2-1-7-25-21)28-16-6-11-30(14-16)10-5-15-3-8-24-9-4-15/h1-2,7,12-13,15-16,24H,3-6,8-11,14H2,(H,25,26)(H,27,28,29). The highest BCUT2D eigenvalue weighted by atomic mass is 35.5. The van der Waals surface area contributed by atoms with Gasteiger partial charge in [0.25, 0.3) is 0 Å². The first-order valence-corrected chi connectivity index (χ1v) is 11.3. The summed E-state index contributed by atoms with van der Waals surface area (Å²) >= 11 is 6.44. The predicted octanol–water partition coefficient (Wildman–Crippen LogP) is 3.55. The SMILES string of the molecule is Clc1cnc(NC2CCN(CCC3CCNCC3)C2)nc1-c1c[nH]c2ncccc12. The van der Waals surface area contributed by atoms with Gasteiger partial charge in [-0.3, -0.25) is 0 Å². The molecule has 5 heterocycles. The lowest BCUT2D eigenvalue weighted by atomic mass is 9.94. The minimum Gasteiger partial charge on any atom is -0.350 e. The van der Waals surface area contributed by atoms with Gasteiger partial charge in [0.15, 0.2) is 0 Å². The Morgan fingerprint density at radius 3 is 3.00 bits per heavy atom. The van der Waals surface area contributed by atoms with Crippen LogP contribution in [0.15, 0.2) is 30.7 Å². The molecule has 0 spiro atoms. The van der Waals surface area contributed by atoms with Crippen LogP contribution in [0.1, 0.15) is 25.7 Å². The molecule has 30 heavy (non-hydrogen) atoms. The van der Waals surface area contributed by atoms with E-state index in [2.05, 4.69) is 30.5 Å². The number of pyridine rings is 1. The van der Waals surface area contributed by atoms with Crippen molar-refractivity contribution in [2.75, 3.05) is 38.0 Å². The van der Waals surface area contributed by atoms with Crippen molar-refractivity contribution in [2.24, 2.45) is 5.92 Å². The number of nitrogens with zero attached hydrogens (tertiary/aromatic N) is 4. The summed E-state index contributed by atoms with van der Waals surface area (Å²) in [6, 6.07) is 4.32. The molecule has 5 rings (SSSR count). The van der Waals surface area contributed by atoms with Crippen molar-refractivity contribution >= 4 is 28.6 Å². The smallest absolute Gasteiger partial charge is 0.223 e. The Hall–Kier alpha value is -2.22. The summed E-state index contributed by atoms with van der Waals surface area (Å²) in [5.74, 6) is 1.52. The largest absolute Gasteiger partial charge is 0.350 e. The van der Waals surface area contributed by atoms with Gasteiger partial charge in [0, 0.05) is 42.5 Å². The molecule has 2 aliphatic rings. The van der Waals surface area contributed by atoms with E-state index >= 15 is 0 Å². The molecule has 0 aromatic carbocycles. The van der Waals surface area contributed by atoms with Gasteiger partial charge in [0.1, 0.15) is 5.65 Å². The maximum absolute atomic E-state index is 6.44. The molecule has 2 saturated heterocycles. The molecule has 0 bridgehead atoms. The van der Waals surface area contributed by atoms with Crippen LogP contribution in [0.4, 0.5) is 5.95 Å². The van der Waals surface area contributed by atoms with Gasteiger partial charge in [0.05, 0.1) is 16.9 Å².